The lowest BCUT2D eigenvalue weighted by Crippen LogP contribution is -2.41. The fourth-order valence-electron chi connectivity index (χ4n) is 2.81. The second kappa shape index (κ2) is 6.60. The number of hydrogen-bond donors (Lipinski definition) is 1. The van der Waals surface area contributed by atoms with Gasteiger partial charge in [-0.15, -0.1) is 0 Å². The Balaban J connectivity index is 1.93. The van der Waals surface area contributed by atoms with E-state index in [2.05, 4.69) is 12.2 Å². The Kier molecular flexibility index (Phi) is 4.83. The van der Waals surface area contributed by atoms with Gasteiger partial charge in [-0.05, 0) is 24.8 Å². The number of methoxy groups -OCH3 is 1. The van der Waals surface area contributed by atoms with Crippen molar-refractivity contribution in [3.63, 3.8) is 0 Å². The third-order valence-electron chi connectivity index (χ3n) is 4.00. The van der Waals surface area contributed by atoms with Gasteiger partial charge < -0.3 is 10.1 Å². The number of benzene rings is 1. The molecule has 1 fully saturated rings. The number of nitrogens with one attached hydrogen (secondary N) is 1. The predicted molar refractivity (Wildman–Crippen MR) is 76.3 cm³/mol. The van der Waals surface area contributed by atoms with E-state index in [1.54, 1.807) is 7.11 Å². The highest BCUT2D eigenvalue weighted by atomic mass is 16.5. The van der Waals surface area contributed by atoms with E-state index in [1.807, 2.05) is 24.3 Å². The third-order valence-corrected chi connectivity index (χ3v) is 4.00. The molecule has 1 aliphatic carbocycles. The van der Waals surface area contributed by atoms with Crippen LogP contribution in [0.4, 0.5) is 0 Å². The Morgan fingerprint density at radius 3 is 2.79 bits per heavy atom. The molecular weight excluding hydrogens is 238 g/mol. The van der Waals surface area contributed by atoms with Gasteiger partial charge in [-0.2, -0.15) is 0 Å². The molecule has 0 bridgehead atoms. The van der Waals surface area contributed by atoms with Crippen LogP contribution in [0.25, 0.3) is 0 Å². The third kappa shape index (κ3) is 3.72. The highest BCUT2D eigenvalue weighted by Gasteiger charge is 2.22. The van der Waals surface area contributed by atoms with Crippen molar-refractivity contribution in [2.75, 3.05) is 7.11 Å². The summed E-state index contributed by atoms with van der Waals surface area (Å²) in [6.07, 6.45) is 5.25. The van der Waals surface area contributed by atoms with Gasteiger partial charge in [0.25, 0.3) is 0 Å². The van der Waals surface area contributed by atoms with Gasteiger partial charge in [-0.3, -0.25) is 4.79 Å². The molecule has 104 valence electrons. The molecule has 1 aromatic carbocycles. The van der Waals surface area contributed by atoms with Crippen molar-refractivity contribution in [1.82, 2.24) is 5.32 Å². The minimum absolute atomic E-state index is 0.100. The number of hydrogen-bond acceptors (Lipinski definition) is 2. The number of rotatable bonds is 4. The van der Waals surface area contributed by atoms with Gasteiger partial charge in [0.05, 0.1) is 13.5 Å². The molecule has 0 radical (unpaired) electrons. The quantitative estimate of drug-likeness (QED) is 0.905. The van der Waals surface area contributed by atoms with Gasteiger partial charge in [0, 0.05) is 11.6 Å². The first kappa shape index (κ1) is 13.9. The number of para-hydroxylation sites is 1. The second-order valence-electron chi connectivity index (χ2n) is 5.42. The van der Waals surface area contributed by atoms with Crippen LogP contribution in [0.5, 0.6) is 5.75 Å². The average molecular weight is 261 g/mol. The molecule has 1 aromatic rings. The lowest BCUT2D eigenvalue weighted by Gasteiger charge is -2.29. The average Bonchev–Trinajstić information content (AvgIpc) is 2.42. The highest BCUT2D eigenvalue weighted by molar-refractivity contribution is 5.79. The Morgan fingerprint density at radius 1 is 1.32 bits per heavy atom. The number of carbonyl (C=O) groups excluding carboxylic acids is 1. The van der Waals surface area contributed by atoms with Gasteiger partial charge in [0.15, 0.2) is 0 Å². The summed E-state index contributed by atoms with van der Waals surface area (Å²) >= 11 is 0. The predicted octanol–water partition coefficient (Wildman–Crippen LogP) is 2.93. The van der Waals surface area contributed by atoms with Gasteiger partial charge >= 0.3 is 0 Å². The van der Waals surface area contributed by atoms with E-state index >= 15 is 0 Å². The van der Waals surface area contributed by atoms with Crippen molar-refractivity contribution < 1.29 is 9.53 Å². The van der Waals surface area contributed by atoms with Gasteiger partial charge in [-0.1, -0.05) is 38.0 Å². The zero-order valence-electron chi connectivity index (χ0n) is 11.8. The van der Waals surface area contributed by atoms with Gasteiger partial charge in [-0.25, -0.2) is 0 Å². The van der Waals surface area contributed by atoms with Crippen LogP contribution in [0.3, 0.4) is 0 Å². The normalized spacial score (nSPS) is 22.8. The summed E-state index contributed by atoms with van der Waals surface area (Å²) in [6.45, 7) is 2.23. The van der Waals surface area contributed by atoms with Crippen LogP contribution < -0.4 is 10.1 Å². The molecule has 2 atom stereocenters. The molecule has 0 aromatic heterocycles. The fraction of sp³-hybridized carbons (Fsp3) is 0.562. The maximum absolute atomic E-state index is 12.1. The summed E-state index contributed by atoms with van der Waals surface area (Å²) in [5, 5.41) is 3.17. The van der Waals surface area contributed by atoms with E-state index in [1.165, 1.54) is 19.3 Å². The first-order chi connectivity index (χ1) is 9.20. The molecule has 2 unspecified atom stereocenters. The van der Waals surface area contributed by atoms with Crippen LogP contribution in [0.1, 0.15) is 38.2 Å². The summed E-state index contributed by atoms with van der Waals surface area (Å²) in [4.78, 5) is 12.1. The molecule has 2 rings (SSSR count). The lowest BCUT2D eigenvalue weighted by atomic mass is 9.86. The minimum Gasteiger partial charge on any atom is -0.496 e. The molecule has 1 saturated carbocycles. The van der Waals surface area contributed by atoms with Gasteiger partial charge in [0.2, 0.25) is 5.91 Å². The smallest absolute Gasteiger partial charge is 0.224 e. The van der Waals surface area contributed by atoms with Crippen LogP contribution >= 0.6 is 0 Å². The van der Waals surface area contributed by atoms with Crippen molar-refractivity contribution in [2.45, 2.75) is 45.1 Å². The monoisotopic (exact) mass is 261 g/mol. The molecule has 3 heteroatoms. The Hall–Kier alpha value is -1.51. The van der Waals surface area contributed by atoms with E-state index < -0.39 is 0 Å². The molecule has 0 saturated heterocycles. The van der Waals surface area contributed by atoms with Crippen LogP contribution in [0.2, 0.25) is 0 Å². The zero-order valence-corrected chi connectivity index (χ0v) is 11.8. The van der Waals surface area contributed by atoms with Crippen LogP contribution in [0.15, 0.2) is 24.3 Å². The van der Waals surface area contributed by atoms with E-state index in [-0.39, 0.29) is 5.91 Å². The van der Waals surface area contributed by atoms with Crippen molar-refractivity contribution >= 4 is 5.91 Å². The van der Waals surface area contributed by atoms with E-state index in [4.69, 9.17) is 4.74 Å². The molecule has 1 aliphatic rings. The Bertz CT molecular complexity index is 431. The summed E-state index contributed by atoms with van der Waals surface area (Å²) in [5.41, 5.74) is 0.950. The second-order valence-corrected chi connectivity index (χ2v) is 5.42. The minimum atomic E-state index is 0.100. The first-order valence-corrected chi connectivity index (χ1v) is 7.12. The molecule has 19 heavy (non-hydrogen) atoms. The van der Waals surface area contributed by atoms with Crippen molar-refractivity contribution in [2.24, 2.45) is 5.92 Å². The first-order valence-electron chi connectivity index (χ1n) is 7.12. The van der Waals surface area contributed by atoms with Crippen LogP contribution in [-0.4, -0.2) is 19.1 Å². The SMILES string of the molecule is COc1ccccc1CC(=O)NC1CCCCC1C. The summed E-state index contributed by atoms with van der Waals surface area (Å²) in [7, 11) is 1.64. The zero-order chi connectivity index (χ0) is 13.7. The molecule has 1 amide bonds. The van der Waals surface area contributed by atoms with Crippen molar-refractivity contribution in [3.8, 4) is 5.75 Å². The molecule has 0 heterocycles. The number of amides is 1. The highest BCUT2D eigenvalue weighted by Crippen LogP contribution is 2.24. The Morgan fingerprint density at radius 2 is 2.05 bits per heavy atom. The van der Waals surface area contributed by atoms with Crippen LogP contribution in [0, 0.1) is 5.92 Å². The molecular formula is C16H23NO2. The standard InChI is InChI=1S/C16H23NO2/c1-12-7-3-5-9-14(12)17-16(18)11-13-8-4-6-10-15(13)19-2/h4,6,8,10,12,14H,3,5,7,9,11H2,1-2H3,(H,17,18). The van der Waals surface area contributed by atoms with Gasteiger partial charge in [0.1, 0.15) is 5.75 Å². The maximum atomic E-state index is 12.1. The number of carbonyl (C=O) groups is 1. The fourth-order valence-corrected chi connectivity index (χ4v) is 2.81. The number of ether oxygens (including phenoxy) is 1. The summed E-state index contributed by atoms with van der Waals surface area (Å²) < 4.78 is 5.28. The topological polar surface area (TPSA) is 38.3 Å². The summed E-state index contributed by atoms with van der Waals surface area (Å²) in [5.74, 6) is 1.48. The Labute approximate surface area is 115 Å². The largest absolute Gasteiger partial charge is 0.496 e. The van der Waals surface area contributed by atoms with Crippen molar-refractivity contribution in [3.05, 3.63) is 29.8 Å². The molecule has 0 aliphatic heterocycles. The van der Waals surface area contributed by atoms with E-state index in [0.29, 0.717) is 18.4 Å². The maximum Gasteiger partial charge on any atom is 0.224 e. The van der Waals surface area contributed by atoms with E-state index in [9.17, 15) is 4.79 Å². The van der Waals surface area contributed by atoms with Crippen molar-refractivity contribution in [1.29, 1.82) is 0 Å². The van der Waals surface area contributed by atoms with Crippen LogP contribution in [-0.2, 0) is 11.2 Å². The lowest BCUT2D eigenvalue weighted by molar-refractivity contribution is -0.121. The molecule has 3 nitrogen and oxygen atoms in total. The van der Waals surface area contributed by atoms with E-state index in [0.717, 1.165) is 17.7 Å². The molecule has 0 spiro atoms. The summed E-state index contributed by atoms with van der Waals surface area (Å²) in [6, 6.07) is 8.04. The molecule has 1 N–H and O–H groups in total.